The molecule has 2 amide bonds. The monoisotopic (exact) mass is 456 g/mol. The lowest BCUT2D eigenvalue weighted by atomic mass is 9.98. The molecule has 33 heavy (non-hydrogen) atoms. The van der Waals surface area contributed by atoms with E-state index in [9.17, 15) is 14.4 Å². The molecule has 1 unspecified atom stereocenters. The number of nitrogens with one attached hydrogen (secondary N) is 2. The fourth-order valence-corrected chi connectivity index (χ4v) is 3.83. The number of methoxy groups -OCH3 is 1. The van der Waals surface area contributed by atoms with Gasteiger partial charge in [0.25, 0.3) is 0 Å². The van der Waals surface area contributed by atoms with Gasteiger partial charge in [0.2, 0.25) is 5.91 Å². The Hall–Kier alpha value is -3.43. The van der Waals surface area contributed by atoms with E-state index in [-0.39, 0.29) is 44.5 Å². The van der Waals surface area contributed by atoms with Crippen LogP contribution in [0.1, 0.15) is 23.5 Å². The third-order valence-corrected chi connectivity index (χ3v) is 5.37. The van der Waals surface area contributed by atoms with E-state index in [0.717, 1.165) is 22.3 Å². The zero-order valence-corrected chi connectivity index (χ0v) is 18.4. The number of fused-ring (bicyclic) bond motifs is 3. The van der Waals surface area contributed by atoms with Crippen LogP contribution < -0.4 is 10.6 Å². The Balaban J connectivity index is 1.41. The third-order valence-electron chi connectivity index (χ3n) is 5.37. The van der Waals surface area contributed by atoms with Crippen molar-refractivity contribution < 1.29 is 33.7 Å². The fraction of sp³-hybridized carbons (Fsp3) is 0.375. The molecule has 0 aliphatic heterocycles. The van der Waals surface area contributed by atoms with Gasteiger partial charge in [-0.15, -0.1) is 0 Å². The summed E-state index contributed by atoms with van der Waals surface area (Å²) < 4.78 is 15.5. The Morgan fingerprint density at radius 3 is 2.21 bits per heavy atom. The summed E-state index contributed by atoms with van der Waals surface area (Å²) >= 11 is 0. The molecule has 9 nitrogen and oxygen atoms in total. The molecule has 0 radical (unpaired) electrons. The maximum atomic E-state index is 12.2. The lowest BCUT2D eigenvalue weighted by Gasteiger charge is -2.17. The van der Waals surface area contributed by atoms with Gasteiger partial charge in [-0.05, 0) is 22.3 Å². The van der Waals surface area contributed by atoms with Gasteiger partial charge in [0.05, 0.1) is 6.61 Å². The molecule has 1 aliphatic rings. The van der Waals surface area contributed by atoms with Crippen molar-refractivity contribution in [2.45, 2.75) is 18.4 Å². The van der Waals surface area contributed by atoms with E-state index in [1.54, 1.807) is 0 Å². The minimum absolute atomic E-state index is 0.0241. The number of carbonyl (C=O) groups is 3. The second kappa shape index (κ2) is 12.0. The molecular weight excluding hydrogens is 428 g/mol. The maximum Gasteiger partial charge on any atom is 0.407 e. The predicted molar refractivity (Wildman–Crippen MR) is 120 cm³/mol. The number of carbonyl (C=O) groups excluding carboxylic acids is 2. The highest BCUT2D eigenvalue weighted by Crippen LogP contribution is 2.44. The van der Waals surface area contributed by atoms with Crippen LogP contribution in [0.15, 0.2) is 48.5 Å². The molecular formula is C24H28N2O7. The number of rotatable bonds is 12. The average molecular weight is 456 g/mol. The summed E-state index contributed by atoms with van der Waals surface area (Å²) in [7, 11) is 1.40. The molecule has 0 spiro atoms. The topological polar surface area (TPSA) is 123 Å². The lowest BCUT2D eigenvalue weighted by molar-refractivity contribution is -0.142. The second-order valence-corrected chi connectivity index (χ2v) is 7.50. The van der Waals surface area contributed by atoms with Gasteiger partial charge < -0.3 is 30.0 Å². The van der Waals surface area contributed by atoms with Crippen LogP contribution in [0, 0.1) is 0 Å². The highest BCUT2D eigenvalue weighted by atomic mass is 16.5. The van der Waals surface area contributed by atoms with E-state index in [2.05, 4.69) is 34.9 Å². The van der Waals surface area contributed by atoms with Crippen molar-refractivity contribution in [1.82, 2.24) is 10.6 Å². The summed E-state index contributed by atoms with van der Waals surface area (Å²) in [6, 6.07) is 16.2. The van der Waals surface area contributed by atoms with Crippen molar-refractivity contribution in [2.75, 3.05) is 40.0 Å². The summed E-state index contributed by atoms with van der Waals surface area (Å²) in [6.45, 7) is 0.217. The van der Waals surface area contributed by atoms with Gasteiger partial charge in [0.15, 0.2) is 0 Å². The molecule has 0 aromatic heterocycles. The maximum absolute atomic E-state index is 12.2. The molecule has 176 valence electrons. The van der Waals surface area contributed by atoms with Crippen molar-refractivity contribution in [1.29, 1.82) is 0 Å². The van der Waals surface area contributed by atoms with Crippen LogP contribution in [0.25, 0.3) is 11.1 Å². The summed E-state index contributed by atoms with van der Waals surface area (Å²) in [5.41, 5.74) is 4.58. The fourth-order valence-electron chi connectivity index (χ4n) is 3.83. The summed E-state index contributed by atoms with van der Waals surface area (Å²) in [4.78, 5) is 34.7. The number of hydrogen-bond donors (Lipinski definition) is 3. The Kier molecular flexibility index (Phi) is 8.79. The molecule has 9 heteroatoms. The molecule has 0 saturated heterocycles. The molecule has 0 heterocycles. The Morgan fingerprint density at radius 1 is 0.970 bits per heavy atom. The number of aliphatic carboxylic acids is 1. The largest absolute Gasteiger partial charge is 0.480 e. The van der Waals surface area contributed by atoms with Crippen LogP contribution in [0.5, 0.6) is 0 Å². The second-order valence-electron chi connectivity index (χ2n) is 7.50. The minimum atomic E-state index is -1.07. The Bertz CT molecular complexity index is 933. The number of benzene rings is 2. The van der Waals surface area contributed by atoms with Crippen molar-refractivity contribution in [3.63, 3.8) is 0 Å². The summed E-state index contributed by atoms with van der Waals surface area (Å²) in [6.07, 6.45) is -1.07. The van der Waals surface area contributed by atoms with Crippen LogP contribution in [-0.4, -0.2) is 69.2 Å². The van der Waals surface area contributed by atoms with Crippen molar-refractivity contribution in [3.8, 4) is 11.1 Å². The van der Waals surface area contributed by atoms with Gasteiger partial charge in [-0.3, -0.25) is 4.79 Å². The van der Waals surface area contributed by atoms with E-state index < -0.39 is 24.8 Å². The van der Waals surface area contributed by atoms with E-state index in [1.165, 1.54) is 7.11 Å². The highest BCUT2D eigenvalue weighted by molar-refractivity contribution is 5.81. The zero-order valence-electron chi connectivity index (χ0n) is 18.4. The van der Waals surface area contributed by atoms with Gasteiger partial charge in [0.1, 0.15) is 19.3 Å². The molecule has 1 atom stereocenters. The number of hydrogen-bond acceptors (Lipinski definition) is 6. The summed E-state index contributed by atoms with van der Waals surface area (Å²) in [5.74, 6) is -1.47. The summed E-state index contributed by atoms with van der Waals surface area (Å²) in [5, 5.41) is 13.8. The van der Waals surface area contributed by atoms with Crippen LogP contribution in [0.2, 0.25) is 0 Å². The number of amides is 2. The van der Waals surface area contributed by atoms with Gasteiger partial charge in [-0.25, -0.2) is 9.59 Å². The minimum Gasteiger partial charge on any atom is -0.480 e. The van der Waals surface area contributed by atoms with Crippen molar-refractivity contribution >= 4 is 18.0 Å². The molecule has 1 aliphatic carbocycles. The van der Waals surface area contributed by atoms with E-state index >= 15 is 0 Å². The number of carboxylic acids is 1. The average Bonchev–Trinajstić information content (AvgIpc) is 3.13. The highest BCUT2D eigenvalue weighted by Gasteiger charge is 2.29. The van der Waals surface area contributed by atoms with E-state index in [1.807, 2.05) is 24.3 Å². The smallest absolute Gasteiger partial charge is 0.407 e. The molecule has 3 rings (SSSR count). The first-order valence-corrected chi connectivity index (χ1v) is 10.7. The number of alkyl carbamates (subject to hydrolysis) is 1. The molecule has 0 saturated carbocycles. The van der Waals surface area contributed by atoms with E-state index in [4.69, 9.17) is 19.3 Å². The number of ether oxygens (including phenoxy) is 3. The van der Waals surface area contributed by atoms with Crippen LogP contribution >= 0.6 is 0 Å². The lowest BCUT2D eigenvalue weighted by Crippen LogP contribution is -2.40. The van der Waals surface area contributed by atoms with Crippen LogP contribution in [0.4, 0.5) is 4.79 Å². The zero-order chi connectivity index (χ0) is 23.6. The van der Waals surface area contributed by atoms with Gasteiger partial charge in [0, 0.05) is 32.5 Å². The number of carboxylic acid groups (broad SMARTS) is 1. The van der Waals surface area contributed by atoms with Gasteiger partial charge in [-0.1, -0.05) is 48.5 Å². The van der Waals surface area contributed by atoms with Gasteiger partial charge >= 0.3 is 12.1 Å². The molecule has 2 aromatic rings. The van der Waals surface area contributed by atoms with E-state index in [0.29, 0.717) is 0 Å². The molecule has 2 aromatic carbocycles. The SMILES string of the molecule is COC(CCNC(=O)OCC1c2ccccc2-c2ccccc21)C(=O)NCCOCC(=O)O. The first-order valence-electron chi connectivity index (χ1n) is 10.7. The Labute approximate surface area is 192 Å². The molecule has 0 bridgehead atoms. The standard InChI is InChI=1S/C24H28N2O7/c1-31-21(23(29)25-12-13-32-15-22(27)28)10-11-26-24(30)33-14-20-18-8-4-2-6-16(18)17-7-3-5-9-19(17)20/h2-9,20-21H,10-15H2,1H3,(H,25,29)(H,26,30)(H,27,28). The Morgan fingerprint density at radius 2 is 1.61 bits per heavy atom. The van der Waals surface area contributed by atoms with Crippen LogP contribution in [0.3, 0.4) is 0 Å². The first kappa shape index (κ1) is 24.2. The van der Waals surface area contributed by atoms with Crippen LogP contribution in [-0.2, 0) is 23.8 Å². The van der Waals surface area contributed by atoms with Gasteiger partial charge in [-0.2, -0.15) is 0 Å². The molecule has 0 fully saturated rings. The molecule has 3 N–H and O–H groups in total. The quantitative estimate of drug-likeness (QED) is 0.418. The predicted octanol–water partition coefficient (Wildman–Crippen LogP) is 2.15. The van der Waals surface area contributed by atoms with Crippen molar-refractivity contribution in [2.24, 2.45) is 0 Å². The van der Waals surface area contributed by atoms with Crippen molar-refractivity contribution in [3.05, 3.63) is 59.7 Å². The normalized spacial score (nSPS) is 13.0. The third kappa shape index (κ3) is 6.53. The first-order chi connectivity index (χ1) is 16.0.